The van der Waals surface area contributed by atoms with Crippen molar-refractivity contribution in [1.29, 1.82) is 0 Å². The second-order valence-electron chi connectivity index (χ2n) is 1.30. The maximum Gasteiger partial charge on any atom is 0.238 e. The predicted octanol–water partition coefficient (Wildman–Crippen LogP) is 0.393. The van der Waals surface area contributed by atoms with Crippen LogP contribution in [0.2, 0.25) is 0 Å². The average Bonchev–Trinajstić information content (AvgIpc) is 1.89. The van der Waals surface area contributed by atoms with E-state index >= 15 is 0 Å². The van der Waals surface area contributed by atoms with Crippen LogP contribution >= 0.6 is 23.4 Å². The number of primary amides is 1. The minimum absolute atomic E-state index is 0.713. The number of hydrogen-bond donors (Lipinski definition) is 1. The summed E-state index contributed by atoms with van der Waals surface area (Å²) in [5, 5.41) is 0.442. The summed E-state index contributed by atoms with van der Waals surface area (Å²) < 4.78 is 0. The van der Waals surface area contributed by atoms with Gasteiger partial charge in [0.1, 0.15) is 0 Å². The molecule has 0 aliphatic carbocycles. The van der Waals surface area contributed by atoms with E-state index in [1.165, 1.54) is 17.2 Å². The Morgan fingerprint density at radius 1 is 1.80 bits per heavy atom. The molecule has 0 aliphatic heterocycles. The summed E-state index contributed by atoms with van der Waals surface area (Å²) in [6, 6.07) is 0. The van der Waals surface area contributed by atoms with E-state index in [1.807, 2.05) is 0 Å². The van der Waals surface area contributed by atoms with Gasteiger partial charge in [-0.1, -0.05) is 11.6 Å². The molecule has 55 valence electrons. The molecule has 0 saturated heterocycles. The molecule has 0 saturated carbocycles. The minimum atomic E-state index is -0.949. The lowest BCUT2D eigenvalue weighted by Gasteiger charge is -1.97. The molecule has 0 fully saturated rings. The van der Waals surface area contributed by atoms with E-state index in [0.29, 0.717) is 0 Å². The molecule has 0 aromatic rings. The van der Waals surface area contributed by atoms with Gasteiger partial charge in [-0.2, -0.15) is 0 Å². The van der Waals surface area contributed by atoms with E-state index in [4.69, 9.17) is 17.3 Å². The summed E-state index contributed by atoms with van der Waals surface area (Å²) in [5.41, 5.74) is 5.98. The molecule has 1 atom stereocenters. The van der Waals surface area contributed by atoms with Gasteiger partial charge < -0.3 is 5.73 Å². The molecule has 3 nitrogen and oxygen atoms in total. The highest BCUT2D eigenvalue weighted by atomic mass is 35.5. The second-order valence-corrected chi connectivity index (χ2v) is 2.57. The Hall–Kier alpha value is -0.480. The fourth-order valence-electron chi connectivity index (χ4n) is 0.261. The van der Waals surface area contributed by atoms with Crippen LogP contribution in [-0.2, 0) is 9.59 Å². The lowest BCUT2D eigenvalue weighted by molar-refractivity contribution is -0.116. The predicted molar refractivity (Wildman–Crippen MR) is 41.3 cm³/mol. The first-order chi connectivity index (χ1) is 4.72. The standard InChI is InChI=1S/C5H5ClNO2S/c6-1-2-10-4(3-8)5(7)9/h1-2,4H,(H2,7,9). The number of rotatable bonds is 4. The van der Waals surface area contributed by atoms with Crippen molar-refractivity contribution in [2.75, 3.05) is 0 Å². The number of thioether (sulfide) groups is 1. The van der Waals surface area contributed by atoms with Crippen molar-refractivity contribution in [1.82, 2.24) is 0 Å². The minimum Gasteiger partial charge on any atom is -0.368 e. The van der Waals surface area contributed by atoms with E-state index < -0.39 is 11.2 Å². The molecule has 0 aromatic heterocycles. The van der Waals surface area contributed by atoms with Gasteiger partial charge in [-0.15, -0.1) is 11.8 Å². The van der Waals surface area contributed by atoms with Crippen LogP contribution in [0.15, 0.2) is 10.9 Å². The smallest absolute Gasteiger partial charge is 0.238 e. The van der Waals surface area contributed by atoms with E-state index in [0.717, 1.165) is 11.8 Å². The Morgan fingerprint density at radius 3 is 2.70 bits per heavy atom. The fraction of sp³-hybridized carbons (Fsp3) is 0.200. The largest absolute Gasteiger partial charge is 0.368 e. The van der Waals surface area contributed by atoms with Crippen molar-refractivity contribution in [2.45, 2.75) is 5.25 Å². The Bertz CT molecular complexity index is 160. The lowest BCUT2D eigenvalue weighted by atomic mass is 10.4. The summed E-state index contributed by atoms with van der Waals surface area (Å²) >= 11 is 6.04. The molecule has 5 heteroatoms. The molecule has 0 rings (SSSR count). The summed E-state index contributed by atoms with van der Waals surface area (Å²) in [5.74, 6) is -0.713. The number of carbonyl (C=O) groups is 1. The van der Waals surface area contributed by atoms with E-state index in [9.17, 15) is 9.59 Å². The van der Waals surface area contributed by atoms with Crippen LogP contribution in [-0.4, -0.2) is 17.4 Å². The first-order valence-corrected chi connectivity index (χ1v) is 3.68. The van der Waals surface area contributed by atoms with Crippen molar-refractivity contribution >= 4 is 35.6 Å². The van der Waals surface area contributed by atoms with Crippen LogP contribution in [0.5, 0.6) is 0 Å². The Labute approximate surface area is 67.6 Å². The van der Waals surface area contributed by atoms with Gasteiger partial charge in [0.2, 0.25) is 12.2 Å². The van der Waals surface area contributed by atoms with Crippen molar-refractivity contribution in [2.24, 2.45) is 5.73 Å². The third-order valence-corrected chi connectivity index (χ3v) is 1.80. The lowest BCUT2D eigenvalue weighted by Crippen LogP contribution is -2.26. The summed E-state index contributed by atoms with van der Waals surface area (Å²) in [6.07, 6.45) is 1.46. The van der Waals surface area contributed by atoms with Crippen LogP contribution in [0, 0.1) is 0 Å². The highest BCUT2D eigenvalue weighted by molar-refractivity contribution is 8.04. The number of nitrogens with two attached hydrogens (primary N) is 1. The van der Waals surface area contributed by atoms with Crippen molar-refractivity contribution < 1.29 is 9.59 Å². The van der Waals surface area contributed by atoms with Crippen LogP contribution < -0.4 is 5.73 Å². The van der Waals surface area contributed by atoms with Crippen molar-refractivity contribution in [3.05, 3.63) is 10.9 Å². The molecule has 10 heavy (non-hydrogen) atoms. The van der Waals surface area contributed by atoms with Gasteiger partial charge in [-0.05, 0) is 5.41 Å². The van der Waals surface area contributed by atoms with Crippen LogP contribution in [0.25, 0.3) is 0 Å². The molecule has 0 bridgehead atoms. The zero-order chi connectivity index (χ0) is 7.98. The SMILES string of the molecule is NC(=O)C([C]=O)SC=CCl. The highest BCUT2D eigenvalue weighted by Crippen LogP contribution is 2.09. The normalized spacial score (nSPS) is 13.3. The van der Waals surface area contributed by atoms with Crippen LogP contribution in [0.1, 0.15) is 0 Å². The van der Waals surface area contributed by atoms with Gasteiger partial charge in [0.05, 0.1) is 0 Å². The van der Waals surface area contributed by atoms with E-state index in [-0.39, 0.29) is 0 Å². The first kappa shape index (κ1) is 9.52. The maximum absolute atomic E-state index is 10.3. The summed E-state index contributed by atoms with van der Waals surface area (Å²) in [4.78, 5) is 20.2. The number of carbonyl (C=O) groups excluding carboxylic acids is 2. The quantitative estimate of drug-likeness (QED) is 0.634. The molecular weight excluding hydrogens is 174 g/mol. The molecule has 0 spiro atoms. The fourth-order valence-corrected chi connectivity index (χ4v) is 0.846. The Kier molecular flexibility index (Phi) is 5.06. The second kappa shape index (κ2) is 5.32. The summed E-state index contributed by atoms with van der Waals surface area (Å²) in [7, 11) is 0. The molecule has 0 aromatic carbocycles. The number of halogens is 1. The molecular formula is C5H5ClNO2S. The molecule has 0 aliphatic rings. The molecule has 1 radical (unpaired) electrons. The monoisotopic (exact) mass is 178 g/mol. The first-order valence-electron chi connectivity index (χ1n) is 2.30. The average molecular weight is 179 g/mol. The number of amides is 1. The van der Waals surface area contributed by atoms with Gasteiger partial charge in [0.25, 0.3) is 0 Å². The van der Waals surface area contributed by atoms with E-state index in [1.54, 1.807) is 0 Å². The van der Waals surface area contributed by atoms with Gasteiger partial charge in [0.15, 0.2) is 5.25 Å². The highest BCUT2D eigenvalue weighted by Gasteiger charge is 2.13. The van der Waals surface area contributed by atoms with Gasteiger partial charge in [0, 0.05) is 5.54 Å². The number of hydrogen-bond acceptors (Lipinski definition) is 3. The third-order valence-electron chi connectivity index (χ3n) is 0.632. The van der Waals surface area contributed by atoms with Crippen molar-refractivity contribution in [3.63, 3.8) is 0 Å². The molecule has 1 unspecified atom stereocenters. The zero-order valence-electron chi connectivity index (χ0n) is 4.91. The van der Waals surface area contributed by atoms with Crippen LogP contribution in [0.4, 0.5) is 0 Å². The van der Waals surface area contributed by atoms with Gasteiger partial charge in [-0.25, -0.2) is 0 Å². The van der Waals surface area contributed by atoms with Crippen LogP contribution in [0.3, 0.4) is 0 Å². The maximum atomic E-state index is 10.3. The van der Waals surface area contributed by atoms with Crippen molar-refractivity contribution in [3.8, 4) is 0 Å². The molecule has 1 amide bonds. The Balaban J connectivity index is 3.83. The van der Waals surface area contributed by atoms with E-state index in [2.05, 4.69) is 0 Å². The summed E-state index contributed by atoms with van der Waals surface area (Å²) in [6.45, 7) is 0. The molecule has 2 N–H and O–H groups in total. The van der Waals surface area contributed by atoms with Gasteiger partial charge >= 0.3 is 0 Å². The third kappa shape index (κ3) is 3.53. The molecule has 0 heterocycles. The Morgan fingerprint density at radius 2 is 2.40 bits per heavy atom. The van der Waals surface area contributed by atoms with Gasteiger partial charge in [-0.3, -0.25) is 9.59 Å². The topological polar surface area (TPSA) is 60.2 Å². The zero-order valence-corrected chi connectivity index (χ0v) is 6.48.